The summed E-state index contributed by atoms with van der Waals surface area (Å²) in [5.74, 6) is 0.927. The Bertz CT molecular complexity index is 307. The van der Waals surface area contributed by atoms with Gasteiger partial charge in [-0.1, -0.05) is 0 Å². The number of nitrogens with one attached hydrogen (secondary N) is 1. The van der Waals surface area contributed by atoms with Crippen molar-refractivity contribution in [3.05, 3.63) is 30.1 Å². The van der Waals surface area contributed by atoms with E-state index in [1.807, 2.05) is 12.4 Å². The molecule has 1 N–H and O–H groups in total. The smallest absolute Gasteiger partial charge is 0.0271 e. The highest BCUT2D eigenvalue weighted by Gasteiger charge is 2.13. The number of nitrogens with zero attached hydrogens (tertiary/aromatic N) is 2. The molecule has 0 bridgehead atoms. The molecule has 3 heteroatoms. The third-order valence-electron chi connectivity index (χ3n) is 3.58. The minimum Gasteiger partial charge on any atom is -0.317 e. The van der Waals surface area contributed by atoms with E-state index >= 15 is 0 Å². The Kier molecular flexibility index (Phi) is 4.95. The van der Waals surface area contributed by atoms with Crippen molar-refractivity contribution in [3.63, 3.8) is 0 Å². The minimum atomic E-state index is 0.927. The molecule has 94 valence electrons. The van der Waals surface area contributed by atoms with Gasteiger partial charge in [0.2, 0.25) is 0 Å². The fourth-order valence-corrected chi connectivity index (χ4v) is 2.45. The first-order chi connectivity index (χ1) is 8.34. The highest BCUT2D eigenvalue weighted by molar-refractivity contribution is 5.09. The van der Waals surface area contributed by atoms with E-state index in [1.165, 1.54) is 44.5 Å². The largest absolute Gasteiger partial charge is 0.317 e. The van der Waals surface area contributed by atoms with E-state index in [1.54, 1.807) is 0 Å². The molecular weight excluding hydrogens is 210 g/mol. The molecule has 1 aliphatic heterocycles. The molecule has 0 saturated carbocycles. The summed E-state index contributed by atoms with van der Waals surface area (Å²) in [6.07, 6.45) is 7.78. The van der Waals surface area contributed by atoms with Crippen LogP contribution in [0.25, 0.3) is 0 Å². The molecule has 0 amide bonds. The standard InChI is InChI=1S/C14H23N3/c1-17(12-14-4-9-16-10-5-14)11-6-13-2-7-15-8-3-13/h4-5,9-10,13,15H,2-3,6-8,11-12H2,1H3. The zero-order chi connectivity index (χ0) is 11.9. The summed E-state index contributed by atoms with van der Waals surface area (Å²) in [7, 11) is 2.21. The Morgan fingerprint density at radius 3 is 2.71 bits per heavy atom. The predicted octanol–water partition coefficient (Wildman–Crippen LogP) is 1.90. The van der Waals surface area contributed by atoms with Gasteiger partial charge < -0.3 is 10.2 Å². The molecule has 0 atom stereocenters. The van der Waals surface area contributed by atoms with Crippen molar-refractivity contribution in [1.82, 2.24) is 15.2 Å². The normalized spacial score (nSPS) is 17.5. The molecule has 2 rings (SSSR count). The van der Waals surface area contributed by atoms with Crippen molar-refractivity contribution < 1.29 is 0 Å². The topological polar surface area (TPSA) is 28.2 Å². The molecule has 17 heavy (non-hydrogen) atoms. The van der Waals surface area contributed by atoms with E-state index < -0.39 is 0 Å². The number of pyridine rings is 1. The third kappa shape index (κ3) is 4.44. The summed E-state index contributed by atoms with van der Waals surface area (Å²) >= 11 is 0. The van der Waals surface area contributed by atoms with Crippen molar-refractivity contribution in [1.29, 1.82) is 0 Å². The molecule has 0 aromatic carbocycles. The molecule has 0 aliphatic carbocycles. The molecular formula is C14H23N3. The molecule has 1 aromatic heterocycles. The van der Waals surface area contributed by atoms with Crippen LogP contribution >= 0.6 is 0 Å². The van der Waals surface area contributed by atoms with Crippen molar-refractivity contribution in [2.24, 2.45) is 5.92 Å². The lowest BCUT2D eigenvalue weighted by Crippen LogP contribution is -2.30. The molecule has 1 aromatic rings. The Hall–Kier alpha value is -0.930. The van der Waals surface area contributed by atoms with Gasteiger partial charge in [0.1, 0.15) is 0 Å². The van der Waals surface area contributed by atoms with Crippen LogP contribution in [0.4, 0.5) is 0 Å². The number of aromatic nitrogens is 1. The number of piperidine rings is 1. The summed E-state index contributed by atoms with van der Waals surface area (Å²) in [5.41, 5.74) is 1.35. The first kappa shape index (κ1) is 12.5. The van der Waals surface area contributed by atoms with Gasteiger partial charge >= 0.3 is 0 Å². The Morgan fingerprint density at radius 1 is 1.29 bits per heavy atom. The zero-order valence-corrected chi connectivity index (χ0v) is 10.7. The second-order valence-corrected chi connectivity index (χ2v) is 5.08. The first-order valence-electron chi connectivity index (χ1n) is 6.63. The molecule has 0 spiro atoms. The maximum absolute atomic E-state index is 4.05. The van der Waals surface area contributed by atoms with Gasteiger partial charge in [0.05, 0.1) is 0 Å². The number of hydrogen-bond donors (Lipinski definition) is 1. The van der Waals surface area contributed by atoms with E-state index in [9.17, 15) is 0 Å². The molecule has 1 saturated heterocycles. The van der Waals surface area contributed by atoms with Gasteiger partial charge in [0, 0.05) is 18.9 Å². The van der Waals surface area contributed by atoms with Gasteiger partial charge in [-0.25, -0.2) is 0 Å². The molecule has 2 heterocycles. The van der Waals surface area contributed by atoms with Crippen LogP contribution in [0.2, 0.25) is 0 Å². The highest BCUT2D eigenvalue weighted by atomic mass is 15.1. The van der Waals surface area contributed by atoms with Gasteiger partial charge in [-0.3, -0.25) is 4.98 Å². The van der Waals surface area contributed by atoms with Crippen molar-refractivity contribution in [3.8, 4) is 0 Å². The zero-order valence-electron chi connectivity index (χ0n) is 10.7. The van der Waals surface area contributed by atoms with Crippen LogP contribution in [-0.4, -0.2) is 36.6 Å². The van der Waals surface area contributed by atoms with Crippen molar-refractivity contribution in [2.75, 3.05) is 26.7 Å². The van der Waals surface area contributed by atoms with Gasteiger partial charge in [0.25, 0.3) is 0 Å². The predicted molar refractivity (Wildman–Crippen MR) is 70.8 cm³/mol. The van der Waals surface area contributed by atoms with Gasteiger partial charge in [-0.2, -0.15) is 0 Å². The van der Waals surface area contributed by atoms with Crippen LogP contribution in [0.3, 0.4) is 0 Å². The summed E-state index contributed by atoms with van der Waals surface area (Å²) in [6.45, 7) is 4.65. The van der Waals surface area contributed by atoms with Crippen LogP contribution in [-0.2, 0) is 6.54 Å². The Labute approximate surface area is 104 Å². The quantitative estimate of drug-likeness (QED) is 0.842. The molecule has 1 fully saturated rings. The fourth-order valence-electron chi connectivity index (χ4n) is 2.45. The average Bonchev–Trinajstić information content (AvgIpc) is 2.39. The van der Waals surface area contributed by atoms with Crippen molar-refractivity contribution in [2.45, 2.75) is 25.8 Å². The van der Waals surface area contributed by atoms with Crippen LogP contribution in [0.1, 0.15) is 24.8 Å². The van der Waals surface area contributed by atoms with Gasteiger partial charge in [-0.15, -0.1) is 0 Å². The molecule has 3 nitrogen and oxygen atoms in total. The van der Waals surface area contributed by atoms with Gasteiger partial charge in [0.15, 0.2) is 0 Å². The Balaban J connectivity index is 1.68. The van der Waals surface area contributed by atoms with Crippen LogP contribution in [0.15, 0.2) is 24.5 Å². The second kappa shape index (κ2) is 6.72. The average molecular weight is 233 g/mol. The maximum atomic E-state index is 4.05. The molecule has 1 aliphatic rings. The van der Waals surface area contributed by atoms with Crippen molar-refractivity contribution >= 4 is 0 Å². The lowest BCUT2D eigenvalue weighted by molar-refractivity contribution is 0.266. The number of rotatable bonds is 5. The lowest BCUT2D eigenvalue weighted by atomic mass is 9.94. The van der Waals surface area contributed by atoms with Crippen LogP contribution < -0.4 is 5.32 Å². The van der Waals surface area contributed by atoms with E-state index in [-0.39, 0.29) is 0 Å². The number of hydrogen-bond acceptors (Lipinski definition) is 3. The monoisotopic (exact) mass is 233 g/mol. The SMILES string of the molecule is CN(CCC1CCNCC1)Cc1ccncc1. The molecule has 0 radical (unpaired) electrons. The summed E-state index contributed by atoms with van der Waals surface area (Å²) < 4.78 is 0. The second-order valence-electron chi connectivity index (χ2n) is 5.08. The fraction of sp³-hybridized carbons (Fsp3) is 0.643. The maximum Gasteiger partial charge on any atom is 0.0271 e. The third-order valence-corrected chi connectivity index (χ3v) is 3.58. The van der Waals surface area contributed by atoms with E-state index in [0.29, 0.717) is 0 Å². The van der Waals surface area contributed by atoms with E-state index in [2.05, 4.69) is 34.4 Å². The van der Waals surface area contributed by atoms with Crippen LogP contribution in [0, 0.1) is 5.92 Å². The summed E-state index contributed by atoms with van der Waals surface area (Å²) in [4.78, 5) is 6.46. The first-order valence-corrected chi connectivity index (χ1v) is 6.63. The van der Waals surface area contributed by atoms with E-state index in [0.717, 1.165) is 12.5 Å². The lowest BCUT2D eigenvalue weighted by Gasteiger charge is -2.25. The van der Waals surface area contributed by atoms with Gasteiger partial charge in [-0.05, 0) is 69.6 Å². The highest BCUT2D eigenvalue weighted by Crippen LogP contribution is 2.16. The minimum absolute atomic E-state index is 0.927. The Morgan fingerprint density at radius 2 is 2.00 bits per heavy atom. The summed E-state index contributed by atoms with van der Waals surface area (Å²) in [6, 6.07) is 4.20. The van der Waals surface area contributed by atoms with Crippen LogP contribution in [0.5, 0.6) is 0 Å². The van der Waals surface area contributed by atoms with E-state index in [4.69, 9.17) is 0 Å². The molecule has 0 unspecified atom stereocenters. The summed E-state index contributed by atoms with van der Waals surface area (Å²) in [5, 5.41) is 3.42.